The van der Waals surface area contributed by atoms with E-state index in [-0.39, 0.29) is 18.6 Å². The molecule has 1 aliphatic heterocycles. The lowest BCUT2D eigenvalue weighted by Crippen LogP contribution is -2.31. The molecule has 1 saturated heterocycles. The summed E-state index contributed by atoms with van der Waals surface area (Å²) in [6.45, 7) is 1.90. The molecule has 0 radical (unpaired) electrons. The Morgan fingerprint density at radius 3 is 3.17 bits per heavy atom. The van der Waals surface area contributed by atoms with Gasteiger partial charge in [-0.2, -0.15) is 0 Å². The molecule has 0 saturated carbocycles. The molecule has 1 atom stereocenters. The van der Waals surface area contributed by atoms with E-state index in [0.717, 1.165) is 35.0 Å². The van der Waals surface area contributed by atoms with Crippen LogP contribution in [0.2, 0.25) is 0 Å². The van der Waals surface area contributed by atoms with Gasteiger partial charge in [-0.05, 0) is 24.3 Å². The number of thiophene rings is 1. The second kappa shape index (κ2) is 8.01. The Labute approximate surface area is 143 Å². The number of amides is 1. The van der Waals surface area contributed by atoms with E-state index in [2.05, 4.69) is 11.1 Å². The number of aromatic nitrogens is 1. The lowest BCUT2D eigenvalue weighted by molar-refractivity contribution is -0.136. The minimum absolute atomic E-state index is 0.0336. The Balaban J connectivity index is 1.44. The van der Waals surface area contributed by atoms with Crippen molar-refractivity contribution in [2.45, 2.75) is 25.5 Å². The smallest absolute Gasteiger partial charge is 0.248 e. The van der Waals surface area contributed by atoms with Crippen LogP contribution in [0.4, 0.5) is 0 Å². The number of nitrogens with zero attached hydrogens (tertiary/aromatic N) is 2. The lowest BCUT2D eigenvalue weighted by atomic mass is 10.2. The molecule has 0 aromatic carbocycles. The highest BCUT2D eigenvalue weighted by atomic mass is 32.1. The van der Waals surface area contributed by atoms with Gasteiger partial charge in [-0.15, -0.1) is 22.7 Å². The van der Waals surface area contributed by atoms with Gasteiger partial charge in [-0.3, -0.25) is 4.79 Å². The first-order valence-electron chi connectivity index (χ1n) is 7.64. The van der Waals surface area contributed by atoms with Crippen LogP contribution < -0.4 is 0 Å². The third-order valence-corrected chi connectivity index (χ3v) is 5.59. The summed E-state index contributed by atoms with van der Waals surface area (Å²) in [4.78, 5) is 19.5. The molecule has 2 aromatic heterocycles. The molecule has 0 spiro atoms. The third kappa shape index (κ3) is 4.60. The van der Waals surface area contributed by atoms with Crippen LogP contribution in [0.3, 0.4) is 0 Å². The van der Waals surface area contributed by atoms with Gasteiger partial charge in [0.15, 0.2) is 0 Å². The van der Waals surface area contributed by atoms with Gasteiger partial charge in [0.2, 0.25) is 5.91 Å². The SMILES string of the molecule is CN(Cc1csc(-c2cccs2)n1)C(=O)COC[C@@H]1CCCO1. The van der Waals surface area contributed by atoms with Gasteiger partial charge in [-0.1, -0.05) is 6.07 Å². The lowest BCUT2D eigenvalue weighted by Gasteiger charge is -2.16. The van der Waals surface area contributed by atoms with Crippen LogP contribution in [0.25, 0.3) is 9.88 Å². The highest BCUT2D eigenvalue weighted by molar-refractivity contribution is 7.20. The fourth-order valence-electron chi connectivity index (χ4n) is 2.39. The van der Waals surface area contributed by atoms with Gasteiger partial charge in [0, 0.05) is 19.0 Å². The summed E-state index contributed by atoms with van der Waals surface area (Å²) >= 11 is 3.28. The summed E-state index contributed by atoms with van der Waals surface area (Å²) in [6, 6.07) is 4.07. The minimum Gasteiger partial charge on any atom is -0.376 e. The van der Waals surface area contributed by atoms with Crippen LogP contribution >= 0.6 is 22.7 Å². The molecule has 2 aromatic rings. The van der Waals surface area contributed by atoms with E-state index in [0.29, 0.717) is 13.2 Å². The summed E-state index contributed by atoms with van der Waals surface area (Å²) in [5, 5.41) is 5.05. The first kappa shape index (κ1) is 16.6. The second-order valence-electron chi connectivity index (χ2n) is 5.52. The zero-order chi connectivity index (χ0) is 16.1. The van der Waals surface area contributed by atoms with Crippen molar-refractivity contribution in [2.75, 3.05) is 26.9 Å². The first-order chi connectivity index (χ1) is 11.2. The average molecular weight is 352 g/mol. The predicted octanol–water partition coefficient (Wildman–Crippen LogP) is 3.03. The van der Waals surface area contributed by atoms with Crippen molar-refractivity contribution in [1.82, 2.24) is 9.88 Å². The van der Waals surface area contributed by atoms with Gasteiger partial charge in [0.25, 0.3) is 0 Å². The van der Waals surface area contributed by atoms with Crippen molar-refractivity contribution in [3.63, 3.8) is 0 Å². The summed E-state index contributed by atoms with van der Waals surface area (Å²) < 4.78 is 10.9. The Morgan fingerprint density at radius 1 is 1.52 bits per heavy atom. The zero-order valence-electron chi connectivity index (χ0n) is 13.1. The fraction of sp³-hybridized carbons (Fsp3) is 0.500. The summed E-state index contributed by atoms with van der Waals surface area (Å²) in [5.41, 5.74) is 0.911. The molecule has 3 rings (SSSR count). The molecule has 0 aliphatic carbocycles. The Morgan fingerprint density at radius 2 is 2.43 bits per heavy atom. The molecular formula is C16H20N2O3S2. The largest absolute Gasteiger partial charge is 0.376 e. The van der Waals surface area contributed by atoms with Gasteiger partial charge < -0.3 is 14.4 Å². The Bertz CT molecular complexity index is 621. The number of hydrogen-bond acceptors (Lipinski definition) is 6. The van der Waals surface area contributed by atoms with E-state index in [1.54, 1.807) is 34.6 Å². The quantitative estimate of drug-likeness (QED) is 0.769. The minimum atomic E-state index is -0.0336. The van der Waals surface area contributed by atoms with E-state index >= 15 is 0 Å². The second-order valence-corrected chi connectivity index (χ2v) is 7.33. The van der Waals surface area contributed by atoms with Crippen molar-refractivity contribution < 1.29 is 14.3 Å². The number of likely N-dealkylation sites (N-methyl/N-ethyl adjacent to an activating group) is 1. The summed E-state index contributed by atoms with van der Waals surface area (Å²) in [6.07, 6.45) is 2.26. The maximum Gasteiger partial charge on any atom is 0.248 e. The van der Waals surface area contributed by atoms with Crippen molar-refractivity contribution in [3.05, 3.63) is 28.6 Å². The maximum atomic E-state index is 12.1. The topological polar surface area (TPSA) is 51.7 Å². The van der Waals surface area contributed by atoms with Gasteiger partial charge in [0.1, 0.15) is 11.6 Å². The van der Waals surface area contributed by atoms with Crippen LogP contribution in [0.5, 0.6) is 0 Å². The number of carbonyl (C=O) groups is 1. The fourth-order valence-corrected chi connectivity index (χ4v) is 4.01. The molecule has 3 heterocycles. The number of hydrogen-bond donors (Lipinski definition) is 0. The van der Waals surface area contributed by atoms with Crippen molar-refractivity contribution in [3.8, 4) is 9.88 Å². The highest BCUT2D eigenvalue weighted by Crippen LogP contribution is 2.28. The van der Waals surface area contributed by atoms with E-state index in [9.17, 15) is 4.79 Å². The molecule has 0 N–H and O–H groups in total. The number of thiazole rings is 1. The van der Waals surface area contributed by atoms with Crippen molar-refractivity contribution in [2.24, 2.45) is 0 Å². The summed E-state index contributed by atoms with van der Waals surface area (Å²) in [7, 11) is 1.78. The van der Waals surface area contributed by atoms with E-state index in [1.807, 2.05) is 16.8 Å². The van der Waals surface area contributed by atoms with Gasteiger partial charge in [-0.25, -0.2) is 4.98 Å². The molecule has 1 fully saturated rings. The molecule has 5 nitrogen and oxygen atoms in total. The number of rotatable bonds is 7. The highest BCUT2D eigenvalue weighted by Gasteiger charge is 2.17. The normalized spacial score (nSPS) is 17.5. The molecule has 124 valence electrons. The Kier molecular flexibility index (Phi) is 5.77. The molecule has 0 bridgehead atoms. The molecule has 23 heavy (non-hydrogen) atoms. The Hall–Kier alpha value is -1.28. The van der Waals surface area contributed by atoms with Crippen LogP contribution in [-0.4, -0.2) is 48.8 Å². The predicted molar refractivity (Wildman–Crippen MR) is 91.7 cm³/mol. The van der Waals surface area contributed by atoms with E-state index in [1.165, 1.54) is 0 Å². The standard InChI is InChI=1S/C16H20N2O3S2/c1-18(15(19)10-20-9-13-4-2-6-21-13)8-12-11-23-16(17-12)14-5-3-7-22-14/h3,5,7,11,13H,2,4,6,8-10H2,1H3/t13-/m0/s1. The molecule has 7 heteroatoms. The third-order valence-electron chi connectivity index (χ3n) is 3.66. The van der Waals surface area contributed by atoms with Crippen molar-refractivity contribution >= 4 is 28.6 Å². The molecule has 0 unspecified atom stereocenters. The maximum absolute atomic E-state index is 12.1. The number of carbonyl (C=O) groups excluding carboxylic acids is 1. The van der Waals surface area contributed by atoms with E-state index < -0.39 is 0 Å². The van der Waals surface area contributed by atoms with Crippen molar-refractivity contribution in [1.29, 1.82) is 0 Å². The van der Waals surface area contributed by atoms with Crippen LogP contribution in [0, 0.1) is 0 Å². The number of ether oxygens (including phenoxy) is 2. The van der Waals surface area contributed by atoms with Crippen LogP contribution in [0.15, 0.2) is 22.9 Å². The van der Waals surface area contributed by atoms with Crippen LogP contribution in [-0.2, 0) is 20.8 Å². The summed E-state index contributed by atoms with van der Waals surface area (Å²) in [5.74, 6) is -0.0336. The molecule has 1 amide bonds. The average Bonchev–Trinajstić information content (AvgIpc) is 3.29. The molecule has 1 aliphatic rings. The molecular weight excluding hydrogens is 332 g/mol. The van der Waals surface area contributed by atoms with Gasteiger partial charge >= 0.3 is 0 Å². The van der Waals surface area contributed by atoms with Crippen LogP contribution in [0.1, 0.15) is 18.5 Å². The van der Waals surface area contributed by atoms with E-state index in [4.69, 9.17) is 9.47 Å². The van der Waals surface area contributed by atoms with Gasteiger partial charge in [0.05, 0.1) is 29.8 Å². The monoisotopic (exact) mass is 352 g/mol. The zero-order valence-corrected chi connectivity index (χ0v) is 14.7. The first-order valence-corrected chi connectivity index (χ1v) is 9.40.